The van der Waals surface area contributed by atoms with Gasteiger partial charge in [-0.3, -0.25) is 24.9 Å². The third kappa shape index (κ3) is 11.7. The van der Waals surface area contributed by atoms with Gasteiger partial charge in [0.05, 0.1) is 37.7 Å². The van der Waals surface area contributed by atoms with Crippen LogP contribution in [0.3, 0.4) is 0 Å². The molecule has 0 radical (unpaired) electrons. The number of hydrogen-bond donors (Lipinski definition) is 5. The number of carbonyl (C=O) groups excluding carboxylic acids is 1. The van der Waals surface area contributed by atoms with E-state index in [0.29, 0.717) is 18.9 Å². The number of aliphatic hydroxyl groups is 1. The minimum Gasteiger partial charge on any atom is -0.408 e. The summed E-state index contributed by atoms with van der Waals surface area (Å²) in [6.45, 7) is 4.21. The second kappa shape index (κ2) is 19.8. The summed E-state index contributed by atoms with van der Waals surface area (Å²) < 4.78 is 162. The summed E-state index contributed by atoms with van der Waals surface area (Å²) in [5.41, 5.74) is 5.04. The number of aliphatic imine (C=N–C) groups is 2. The summed E-state index contributed by atoms with van der Waals surface area (Å²) in [5.74, 6) is -10.1. The minimum atomic E-state index is -5.22. The molecule has 7 N–H and O–H groups in total. The molecule has 0 aliphatic heterocycles. The van der Waals surface area contributed by atoms with Gasteiger partial charge < -0.3 is 26.6 Å². The van der Waals surface area contributed by atoms with Crippen molar-refractivity contribution in [2.45, 2.75) is 120 Å². The van der Waals surface area contributed by atoms with Crippen LogP contribution in [0.1, 0.15) is 83.3 Å². The van der Waals surface area contributed by atoms with Crippen LogP contribution in [0, 0.1) is 23.0 Å². The van der Waals surface area contributed by atoms with E-state index in [2.05, 4.69) is 20.4 Å². The monoisotopic (exact) mass is 1030 g/mol. The van der Waals surface area contributed by atoms with Gasteiger partial charge in [-0.2, -0.15) is 32.0 Å². The van der Waals surface area contributed by atoms with Crippen LogP contribution >= 0.6 is 11.6 Å². The molecular formula is C45H49ClF9N9O5S. The number of aromatic nitrogens is 3. The number of nitrogens with zero attached hydrogens (tertiary/aromatic N) is 5. The van der Waals surface area contributed by atoms with Gasteiger partial charge >= 0.3 is 6.18 Å². The van der Waals surface area contributed by atoms with E-state index >= 15 is 8.78 Å². The van der Waals surface area contributed by atoms with Crippen molar-refractivity contribution in [2.24, 2.45) is 27.4 Å². The molecule has 2 saturated carbocycles. The Hall–Kier alpha value is -5.75. The van der Waals surface area contributed by atoms with Crippen molar-refractivity contribution >= 4 is 61.7 Å². The molecule has 2 aromatic carbocycles. The van der Waals surface area contributed by atoms with Gasteiger partial charge in [-0.15, -0.1) is 0 Å². The Morgan fingerprint density at radius 1 is 1.06 bits per heavy atom. The van der Waals surface area contributed by atoms with E-state index in [4.69, 9.17) is 38.2 Å². The van der Waals surface area contributed by atoms with Gasteiger partial charge in [0, 0.05) is 34.4 Å². The van der Waals surface area contributed by atoms with E-state index in [1.165, 1.54) is 38.1 Å². The minimum absolute atomic E-state index is 0.0158. The number of hydrogen-bond acceptors (Lipinski definition) is 11. The lowest BCUT2D eigenvalue weighted by Crippen LogP contribution is -2.36. The number of aryl methyl sites for hydroxylation is 1. The number of pyridine rings is 1. The highest BCUT2D eigenvalue weighted by atomic mass is 35.5. The number of amides is 1. The second-order valence-electron chi connectivity index (χ2n) is 18.3. The number of allylic oxidation sites excluding steroid dienone is 2. The van der Waals surface area contributed by atoms with Gasteiger partial charge in [0.2, 0.25) is 11.8 Å². The van der Waals surface area contributed by atoms with E-state index in [-0.39, 0.29) is 56.8 Å². The Balaban J connectivity index is 1.56. The average molecular weight is 1030 g/mol. The molecule has 1 amide bonds. The standard InChI is InChI=1S/C45H49ClF9N9O5S/c1-21-14-29(37(56)45(53,54)55)38(44(21,51)52)59-19-33(65)61-31(17-22-15-23(47)18-24(48)16-22)35-27(9-6-25(60-35)12-13-42(2,3)70(67,68)26-7-8-26)28-10-11-30(46)34-36(28)64(20-32(49)50)63-39(34)62-41(58)69-40(57)43(4,5)66/h6,9-11,15-16,18,21,26,31-32,57,66H,7-8,12-14,17,19-20,56H2,1-5H3,(H,61,65)(H2,58,62,63)/t21-,31+/m1/s1. The number of rotatable bonds is 16. The van der Waals surface area contributed by atoms with E-state index in [1.54, 1.807) is 13.8 Å². The third-order valence-corrected chi connectivity index (χ3v) is 15.3. The van der Waals surface area contributed by atoms with Crippen LogP contribution in [0.25, 0.3) is 22.0 Å². The average Bonchev–Trinajstić information content (AvgIpc) is 4.00. The molecule has 14 nitrogen and oxygen atoms in total. The molecule has 2 aliphatic rings. The maximum absolute atomic E-state index is 15.4. The lowest BCUT2D eigenvalue weighted by atomic mass is 9.93. The van der Waals surface area contributed by atoms with Crippen LogP contribution in [-0.2, 0) is 38.8 Å². The highest BCUT2D eigenvalue weighted by Crippen LogP contribution is 2.45. The summed E-state index contributed by atoms with van der Waals surface area (Å²) in [5, 5.41) is 24.2. The number of fused-ring (bicyclic) bond motifs is 1. The highest BCUT2D eigenvalue weighted by Gasteiger charge is 2.53. The molecule has 0 saturated heterocycles. The number of nitrogens with two attached hydrogens (primary N) is 2. The fourth-order valence-corrected chi connectivity index (χ4v) is 10.2. The van der Waals surface area contributed by atoms with Crippen LogP contribution < -0.4 is 16.8 Å². The van der Waals surface area contributed by atoms with Crippen molar-refractivity contribution in [3.8, 4) is 11.1 Å². The van der Waals surface area contributed by atoms with Gasteiger partial charge in [0.1, 0.15) is 41.7 Å². The quantitative estimate of drug-likeness (QED) is 0.0411. The maximum atomic E-state index is 15.4. The van der Waals surface area contributed by atoms with E-state index in [1.807, 2.05) is 0 Å². The van der Waals surface area contributed by atoms with E-state index in [0.717, 1.165) is 23.7 Å². The molecule has 2 heterocycles. The number of ether oxygens (including phenoxy) is 1. The normalized spacial score (nSPS) is 18.7. The first kappa shape index (κ1) is 53.6. The molecule has 4 aromatic rings. The fourth-order valence-electron chi connectivity index (χ4n) is 7.87. The lowest BCUT2D eigenvalue weighted by Gasteiger charge is -2.26. The number of benzene rings is 2. The Labute approximate surface area is 400 Å². The number of nitrogens with one attached hydrogen (secondary N) is 2. The summed E-state index contributed by atoms with van der Waals surface area (Å²) in [7, 11) is -3.62. The van der Waals surface area contributed by atoms with Gasteiger partial charge in [-0.25, -0.2) is 26.0 Å². The number of amidine groups is 1. The van der Waals surface area contributed by atoms with E-state index < -0.39 is 134 Å². The fraction of sp³-hybridized carbons (Fsp3) is 0.467. The van der Waals surface area contributed by atoms with Crippen molar-refractivity contribution in [1.29, 1.82) is 5.41 Å². The Morgan fingerprint density at radius 3 is 2.27 bits per heavy atom. The predicted molar refractivity (Wildman–Crippen MR) is 244 cm³/mol. The molecule has 6 rings (SSSR count). The van der Waals surface area contributed by atoms with Crippen molar-refractivity contribution in [3.63, 3.8) is 0 Å². The largest absolute Gasteiger partial charge is 0.431 e. The first-order chi connectivity index (χ1) is 32.3. The summed E-state index contributed by atoms with van der Waals surface area (Å²) >= 11 is 6.68. The zero-order valence-electron chi connectivity index (χ0n) is 38.2. The van der Waals surface area contributed by atoms with Crippen molar-refractivity contribution in [2.75, 3.05) is 6.54 Å². The van der Waals surface area contributed by atoms with Crippen LogP contribution in [-0.4, -0.2) is 92.5 Å². The lowest BCUT2D eigenvalue weighted by molar-refractivity contribution is -0.120. The smallest absolute Gasteiger partial charge is 0.408 e. The SMILES string of the molecule is C[C@@H]1CC(=C(N)C(F)(F)F)C(=NCC(=O)N[C@@H](Cc2cc(F)cc(F)c2)c2nc(CCC(C)(C)S(=O)(=O)C3CC3)ccc2-c2ccc(Cl)c3c(N=C(N)OC(=N)C(C)(C)O)nn(CC(F)F)c23)C1(F)F. The van der Waals surface area contributed by atoms with E-state index in [9.17, 15) is 49.1 Å². The van der Waals surface area contributed by atoms with Gasteiger partial charge in [-0.05, 0) is 96.0 Å². The molecular weight excluding hydrogens is 985 g/mol. The molecule has 2 aromatic heterocycles. The number of halogens is 10. The van der Waals surface area contributed by atoms with Crippen molar-refractivity contribution in [1.82, 2.24) is 20.1 Å². The molecule has 2 atom stereocenters. The molecule has 2 aliphatic carbocycles. The highest BCUT2D eigenvalue weighted by molar-refractivity contribution is 7.93. The van der Waals surface area contributed by atoms with Gasteiger partial charge in [0.25, 0.3) is 18.4 Å². The van der Waals surface area contributed by atoms with Gasteiger partial charge in [0.15, 0.2) is 15.7 Å². The number of sulfone groups is 1. The molecule has 0 unspecified atom stereocenters. The predicted octanol–water partition coefficient (Wildman–Crippen LogP) is 8.59. The molecule has 0 bridgehead atoms. The zero-order chi connectivity index (χ0) is 52.1. The first-order valence-corrected chi connectivity index (χ1v) is 23.5. The van der Waals surface area contributed by atoms with Crippen molar-refractivity contribution in [3.05, 3.63) is 87.3 Å². The molecule has 0 spiro atoms. The molecule has 70 heavy (non-hydrogen) atoms. The molecule has 2 fully saturated rings. The van der Waals surface area contributed by atoms with Crippen LogP contribution in [0.5, 0.6) is 0 Å². The van der Waals surface area contributed by atoms with Gasteiger partial charge in [-0.1, -0.05) is 30.7 Å². The Morgan fingerprint density at radius 2 is 1.69 bits per heavy atom. The molecule has 25 heteroatoms. The Bertz CT molecular complexity index is 2890. The number of carbonyl (C=O) groups is 1. The van der Waals surface area contributed by atoms with Crippen LogP contribution in [0.15, 0.2) is 63.7 Å². The van der Waals surface area contributed by atoms with Crippen LogP contribution in [0.2, 0.25) is 5.02 Å². The zero-order valence-corrected chi connectivity index (χ0v) is 39.7. The third-order valence-electron chi connectivity index (χ3n) is 11.9. The second-order valence-corrected chi connectivity index (χ2v) is 21.5. The van der Waals surface area contributed by atoms with Crippen LogP contribution in [0.4, 0.5) is 45.3 Å². The molecule has 380 valence electrons. The van der Waals surface area contributed by atoms with Crippen molar-refractivity contribution < 1.29 is 62.6 Å². The summed E-state index contributed by atoms with van der Waals surface area (Å²) in [6, 6.07) is 5.71. The Kier molecular flexibility index (Phi) is 15.2. The summed E-state index contributed by atoms with van der Waals surface area (Å²) in [4.78, 5) is 26.5. The first-order valence-electron chi connectivity index (χ1n) is 21.6. The maximum Gasteiger partial charge on any atom is 0.431 e. The summed E-state index contributed by atoms with van der Waals surface area (Å²) in [6.07, 6.45) is -8.63. The topological polar surface area (TPSA) is 224 Å². The number of alkyl halides is 7.